The average molecular weight is 272 g/mol. The number of piperazine rings is 1. The molecule has 0 radical (unpaired) electrons. The molecule has 4 heterocycles. The fourth-order valence-corrected chi connectivity index (χ4v) is 3.11. The van der Waals surface area contributed by atoms with Gasteiger partial charge in [0.2, 0.25) is 0 Å². The highest BCUT2D eigenvalue weighted by molar-refractivity contribution is 5.53. The Bertz CT molecular complexity index is 609. The third-order valence-corrected chi connectivity index (χ3v) is 4.42. The van der Waals surface area contributed by atoms with E-state index in [0.29, 0.717) is 0 Å². The van der Waals surface area contributed by atoms with Crippen molar-refractivity contribution in [3.63, 3.8) is 0 Å². The third kappa shape index (κ3) is 1.96. The Balaban J connectivity index is 1.56. The summed E-state index contributed by atoms with van der Waals surface area (Å²) in [5.41, 5.74) is 2.18. The van der Waals surface area contributed by atoms with Crippen molar-refractivity contribution >= 4 is 11.5 Å². The number of aromatic nitrogens is 3. The molecule has 2 aliphatic rings. The van der Waals surface area contributed by atoms with Gasteiger partial charge in [0.1, 0.15) is 12.1 Å². The van der Waals surface area contributed by atoms with E-state index < -0.39 is 0 Å². The monoisotopic (exact) mass is 272 g/mol. The molecule has 6 nitrogen and oxygen atoms in total. The molecule has 2 fully saturated rings. The van der Waals surface area contributed by atoms with Crippen LogP contribution in [-0.4, -0.2) is 64.8 Å². The predicted molar refractivity (Wildman–Crippen MR) is 78.2 cm³/mol. The first-order chi connectivity index (χ1) is 9.81. The van der Waals surface area contributed by atoms with Crippen LogP contribution in [0.25, 0.3) is 5.65 Å². The molecule has 2 aromatic rings. The summed E-state index contributed by atoms with van der Waals surface area (Å²) < 4.78 is 1.95. The summed E-state index contributed by atoms with van der Waals surface area (Å²) in [6.45, 7) is 8.82. The van der Waals surface area contributed by atoms with Crippen LogP contribution in [-0.2, 0) is 0 Å². The maximum absolute atomic E-state index is 4.36. The number of hydrogen-bond donors (Lipinski definition) is 1. The molecule has 0 amide bonds. The molecule has 20 heavy (non-hydrogen) atoms. The van der Waals surface area contributed by atoms with Gasteiger partial charge in [0.25, 0.3) is 0 Å². The van der Waals surface area contributed by atoms with Gasteiger partial charge in [-0.3, -0.25) is 4.90 Å². The van der Waals surface area contributed by atoms with E-state index in [2.05, 4.69) is 44.3 Å². The average Bonchev–Trinajstić information content (AvgIpc) is 2.84. The van der Waals surface area contributed by atoms with Crippen LogP contribution >= 0.6 is 0 Å². The van der Waals surface area contributed by atoms with Gasteiger partial charge >= 0.3 is 0 Å². The largest absolute Gasteiger partial charge is 0.354 e. The number of anilines is 1. The molecule has 0 aromatic carbocycles. The maximum Gasteiger partial charge on any atom is 0.157 e. The summed E-state index contributed by atoms with van der Waals surface area (Å²) in [5.74, 6) is 1.17. The lowest BCUT2D eigenvalue weighted by atomic mass is 10.1. The van der Waals surface area contributed by atoms with E-state index in [1.165, 1.54) is 11.4 Å². The highest BCUT2D eigenvalue weighted by Crippen LogP contribution is 2.20. The van der Waals surface area contributed by atoms with Crippen LogP contribution in [0.15, 0.2) is 18.5 Å². The molecule has 2 aliphatic heterocycles. The number of rotatable bonds is 2. The van der Waals surface area contributed by atoms with Gasteiger partial charge in [-0.2, -0.15) is 9.61 Å². The quantitative estimate of drug-likeness (QED) is 0.842. The number of pyridine rings is 1. The van der Waals surface area contributed by atoms with Crippen molar-refractivity contribution in [3.8, 4) is 0 Å². The Labute approximate surface area is 118 Å². The van der Waals surface area contributed by atoms with Crippen molar-refractivity contribution in [2.75, 3.05) is 44.2 Å². The van der Waals surface area contributed by atoms with E-state index in [-0.39, 0.29) is 0 Å². The Morgan fingerprint density at radius 3 is 2.65 bits per heavy atom. The Hall–Kier alpha value is -1.66. The zero-order chi connectivity index (χ0) is 13.5. The second-order valence-corrected chi connectivity index (χ2v) is 5.76. The van der Waals surface area contributed by atoms with Gasteiger partial charge < -0.3 is 10.2 Å². The predicted octanol–water partition coefficient (Wildman–Crippen LogP) is 0.132. The molecule has 1 N–H and O–H groups in total. The zero-order valence-electron chi connectivity index (χ0n) is 11.8. The van der Waals surface area contributed by atoms with E-state index in [1.54, 1.807) is 6.33 Å². The van der Waals surface area contributed by atoms with Crippen LogP contribution in [0, 0.1) is 6.92 Å². The fraction of sp³-hybridized carbons (Fsp3) is 0.571. The summed E-state index contributed by atoms with van der Waals surface area (Å²) in [6.07, 6.45) is 1.63. The van der Waals surface area contributed by atoms with Crippen molar-refractivity contribution in [3.05, 3.63) is 24.0 Å². The molecule has 0 saturated carbocycles. The number of nitrogens with one attached hydrogen (secondary N) is 1. The van der Waals surface area contributed by atoms with Gasteiger partial charge in [0.05, 0.1) is 0 Å². The molecule has 0 aliphatic carbocycles. The zero-order valence-corrected chi connectivity index (χ0v) is 11.8. The fourth-order valence-electron chi connectivity index (χ4n) is 3.11. The highest BCUT2D eigenvalue weighted by Gasteiger charge is 2.28. The first kappa shape index (κ1) is 12.1. The normalized spacial score (nSPS) is 21.4. The standard InChI is InChI=1S/C14H20N6/c1-11-6-13-16-10-17-20(13)14(7-11)19-4-2-18(3-5-19)12-8-15-9-12/h6-7,10,12,15H,2-5,8-9H2,1H3. The SMILES string of the molecule is Cc1cc(N2CCN(C3CNC3)CC2)n2ncnc2c1. The van der Waals surface area contributed by atoms with Gasteiger partial charge in [-0.1, -0.05) is 0 Å². The Morgan fingerprint density at radius 2 is 1.95 bits per heavy atom. The Morgan fingerprint density at radius 1 is 1.15 bits per heavy atom. The van der Waals surface area contributed by atoms with Gasteiger partial charge in [-0.05, 0) is 24.6 Å². The lowest BCUT2D eigenvalue weighted by molar-refractivity contribution is 0.137. The van der Waals surface area contributed by atoms with Crippen molar-refractivity contribution in [1.82, 2.24) is 24.8 Å². The van der Waals surface area contributed by atoms with Gasteiger partial charge in [-0.25, -0.2) is 4.98 Å². The molecular formula is C14H20N6. The van der Waals surface area contributed by atoms with Gasteiger partial charge in [0, 0.05) is 45.3 Å². The second-order valence-electron chi connectivity index (χ2n) is 5.76. The first-order valence-electron chi connectivity index (χ1n) is 7.31. The summed E-state index contributed by atoms with van der Waals surface area (Å²) >= 11 is 0. The lowest BCUT2D eigenvalue weighted by Crippen LogP contribution is -2.61. The minimum absolute atomic E-state index is 0.751. The minimum atomic E-state index is 0.751. The van der Waals surface area contributed by atoms with Gasteiger partial charge in [0.15, 0.2) is 5.65 Å². The van der Waals surface area contributed by atoms with Crippen molar-refractivity contribution in [2.24, 2.45) is 0 Å². The maximum atomic E-state index is 4.36. The lowest BCUT2D eigenvalue weighted by Gasteiger charge is -2.43. The smallest absolute Gasteiger partial charge is 0.157 e. The molecule has 0 atom stereocenters. The summed E-state index contributed by atoms with van der Waals surface area (Å²) in [5, 5.41) is 7.71. The molecule has 106 valence electrons. The van der Waals surface area contributed by atoms with Crippen LogP contribution < -0.4 is 10.2 Å². The van der Waals surface area contributed by atoms with E-state index in [4.69, 9.17) is 0 Å². The summed E-state index contributed by atoms with van der Waals surface area (Å²) in [7, 11) is 0. The molecule has 2 saturated heterocycles. The molecular weight excluding hydrogens is 252 g/mol. The van der Waals surface area contributed by atoms with Crippen LogP contribution in [0.4, 0.5) is 5.82 Å². The third-order valence-electron chi connectivity index (χ3n) is 4.42. The highest BCUT2D eigenvalue weighted by atomic mass is 15.4. The van der Waals surface area contributed by atoms with Crippen molar-refractivity contribution < 1.29 is 0 Å². The van der Waals surface area contributed by atoms with Crippen LogP contribution in [0.3, 0.4) is 0 Å². The second kappa shape index (κ2) is 4.71. The van der Waals surface area contributed by atoms with E-state index in [9.17, 15) is 0 Å². The molecule has 6 heteroatoms. The molecule has 0 spiro atoms. The summed E-state index contributed by atoms with van der Waals surface area (Å²) in [6, 6.07) is 5.04. The molecule has 0 unspecified atom stereocenters. The molecule has 4 rings (SSSR count). The van der Waals surface area contributed by atoms with E-state index >= 15 is 0 Å². The van der Waals surface area contributed by atoms with Gasteiger partial charge in [-0.15, -0.1) is 0 Å². The molecule has 0 bridgehead atoms. The number of nitrogens with zero attached hydrogens (tertiary/aromatic N) is 5. The topological polar surface area (TPSA) is 48.7 Å². The number of aryl methyl sites for hydroxylation is 1. The van der Waals surface area contributed by atoms with Crippen molar-refractivity contribution in [2.45, 2.75) is 13.0 Å². The first-order valence-corrected chi connectivity index (χ1v) is 7.31. The Kier molecular flexibility index (Phi) is 2.85. The van der Waals surface area contributed by atoms with E-state index in [1.807, 2.05) is 4.52 Å². The van der Waals surface area contributed by atoms with Crippen LogP contribution in [0.5, 0.6) is 0 Å². The number of fused-ring (bicyclic) bond motifs is 1. The van der Waals surface area contributed by atoms with Crippen LogP contribution in [0.2, 0.25) is 0 Å². The minimum Gasteiger partial charge on any atom is -0.354 e. The van der Waals surface area contributed by atoms with Crippen LogP contribution in [0.1, 0.15) is 5.56 Å². The molecule has 2 aromatic heterocycles. The number of hydrogen-bond acceptors (Lipinski definition) is 5. The summed E-state index contributed by atoms with van der Waals surface area (Å²) in [4.78, 5) is 9.33. The van der Waals surface area contributed by atoms with E-state index in [0.717, 1.165) is 51.0 Å². The van der Waals surface area contributed by atoms with Crippen molar-refractivity contribution in [1.29, 1.82) is 0 Å².